The van der Waals surface area contributed by atoms with E-state index in [2.05, 4.69) is 30.4 Å². The number of nitrogens with zero attached hydrogens (tertiary/aromatic N) is 4. The average Bonchev–Trinajstić information content (AvgIpc) is 3.05. The van der Waals surface area contributed by atoms with Crippen LogP contribution in [0.25, 0.3) is 33.8 Å². The molecule has 6 nitrogen and oxygen atoms in total. The molecule has 86 valence electrons. The molecule has 3 heterocycles. The van der Waals surface area contributed by atoms with Crippen molar-refractivity contribution < 1.29 is 0 Å². The first kappa shape index (κ1) is 9.29. The molecule has 2 aliphatic rings. The molecule has 0 saturated carbocycles. The first-order valence-corrected chi connectivity index (χ1v) is 5.52. The van der Waals surface area contributed by atoms with E-state index < -0.39 is 0 Å². The summed E-state index contributed by atoms with van der Waals surface area (Å²) in [7, 11) is 0. The van der Waals surface area contributed by atoms with Crippen LogP contribution < -0.4 is 0 Å². The highest BCUT2D eigenvalue weighted by Gasteiger charge is 2.11. The average molecular weight is 236 g/mol. The minimum Gasteiger partial charge on any atom is -0.351 e. The molecule has 0 amide bonds. The van der Waals surface area contributed by atoms with Gasteiger partial charge in [0.05, 0.1) is 23.1 Å². The molecule has 0 radical (unpaired) electrons. The highest BCUT2D eigenvalue weighted by molar-refractivity contribution is 5.90. The van der Waals surface area contributed by atoms with E-state index in [1.807, 2.05) is 24.3 Å². The van der Waals surface area contributed by atoms with Crippen LogP contribution in [0.15, 0.2) is 36.7 Å². The third kappa shape index (κ3) is 1.22. The van der Waals surface area contributed by atoms with Crippen LogP contribution >= 0.6 is 0 Å². The maximum absolute atomic E-state index is 4.31. The zero-order valence-electron chi connectivity index (χ0n) is 9.25. The molecule has 2 aromatic rings. The fourth-order valence-corrected chi connectivity index (χ4v) is 2.05. The summed E-state index contributed by atoms with van der Waals surface area (Å²) in [6, 6.07) is 7.78. The molecule has 18 heavy (non-hydrogen) atoms. The van der Waals surface area contributed by atoms with Gasteiger partial charge in [0.2, 0.25) is 0 Å². The van der Waals surface area contributed by atoms with Crippen molar-refractivity contribution in [3.05, 3.63) is 36.7 Å². The highest BCUT2D eigenvalue weighted by Crippen LogP contribution is 2.26. The van der Waals surface area contributed by atoms with Crippen molar-refractivity contribution in [1.82, 2.24) is 30.4 Å². The quantitative estimate of drug-likeness (QED) is 0.528. The molecule has 0 atom stereocenters. The first-order chi connectivity index (χ1) is 8.92. The third-order valence-corrected chi connectivity index (χ3v) is 2.91. The van der Waals surface area contributed by atoms with Gasteiger partial charge in [-0.25, -0.2) is 9.97 Å². The van der Waals surface area contributed by atoms with E-state index in [0.29, 0.717) is 5.82 Å². The second kappa shape index (κ2) is 3.36. The molecule has 4 rings (SSSR count). The van der Waals surface area contributed by atoms with Crippen LogP contribution in [0.5, 0.6) is 0 Å². The van der Waals surface area contributed by atoms with Crippen molar-refractivity contribution >= 4 is 11.0 Å². The summed E-state index contributed by atoms with van der Waals surface area (Å²) in [6.07, 6.45) is 3.49. The van der Waals surface area contributed by atoms with Crippen LogP contribution in [0.2, 0.25) is 0 Å². The van der Waals surface area contributed by atoms with Crippen molar-refractivity contribution in [2.75, 3.05) is 0 Å². The fourth-order valence-electron chi connectivity index (χ4n) is 2.05. The molecule has 0 bridgehead atoms. The lowest BCUT2D eigenvalue weighted by Gasteiger charge is -2.04. The Morgan fingerprint density at radius 2 is 2.00 bits per heavy atom. The summed E-state index contributed by atoms with van der Waals surface area (Å²) in [5.41, 5.74) is 4.51. The standard InChI is InChI=1S/C12H8N6/c1-2-7(11-8(3-1)16-18-17-11)10-6-14-12-9(15-10)4-5-13-12/h1-6,15H,(H,16,17,18). The number of hydrogen-bond acceptors (Lipinski definition) is 4. The molecule has 0 saturated heterocycles. The number of rotatable bonds is 1. The molecule has 0 unspecified atom stereocenters. The van der Waals surface area contributed by atoms with Crippen molar-refractivity contribution in [2.24, 2.45) is 0 Å². The second-order valence-electron chi connectivity index (χ2n) is 3.99. The van der Waals surface area contributed by atoms with Gasteiger partial charge in [0, 0.05) is 11.8 Å². The van der Waals surface area contributed by atoms with E-state index in [9.17, 15) is 0 Å². The van der Waals surface area contributed by atoms with Gasteiger partial charge in [-0.05, 0) is 12.1 Å². The van der Waals surface area contributed by atoms with Crippen LogP contribution in [0.4, 0.5) is 0 Å². The van der Waals surface area contributed by atoms with Gasteiger partial charge >= 0.3 is 0 Å². The van der Waals surface area contributed by atoms with Crippen molar-refractivity contribution in [3.63, 3.8) is 0 Å². The molecule has 2 N–H and O–H groups in total. The molecule has 6 heteroatoms. The summed E-state index contributed by atoms with van der Waals surface area (Å²) >= 11 is 0. The Labute approximate surface area is 101 Å². The summed E-state index contributed by atoms with van der Waals surface area (Å²) in [5, 5.41) is 10.8. The molecule has 0 spiro atoms. The Balaban J connectivity index is 2.02. The number of aromatic nitrogens is 6. The Morgan fingerprint density at radius 3 is 3.00 bits per heavy atom. The number of benzene rings is 1. The second-order valence-corrected chi connectivity index (χ2v) is 3.99. The molecular formula is C12H8N6. The molecular weight excluding hydrogens is 228 g/mol. The normalized spacial score (nSPS) is 11.3. The highest BCUT2D eigenvalue weighted by atomic mass is 15.3. The van der Waals surface area contributed by atoms with E-state index in [1.54, 1.807) is 12.4 Å². The van der Waals surface area contributed by atoms with Crippen LogP contribution in [0.1, 0.15) is 0 Å². The SMILES string of the molecule is c1cc(-c2cnc3nccc-3[nH]2)c2nn[nH]c2c1. The monoisotopic (exact) mass is 236 g/mol. The Morgan fingerprint density at radius 1 is 1.00 bits per heavy atom. The van der Waals surface area contributed by atoms with Gasteiger partial charge in [0.25, 0.3) is 0 Å². The number of fused-ring (bicyclic) bond motifs is 2. The molecule has 2 aliphatic heterocycles. The van der Waals surface area contributed by atoms with E-state index >= 15 is 0 Å². The predicted octanol–water partition coefficient (Wildman–Crippen LogP) is 1.85. The van der Waals surface area contributed by atoms with Crippen LogP contribution in [0.3, 0.4) is 0 Å². The van der Waals surface area contributed by atoms with Gasteiger partial charge in [-0.1, -0.05) is 17.3 Å². The summed E-state index contributed by atoms with van der Waals surface area (Å²) in [4.78, 5) is 11.7. The van der Waals surface area contributed by atoms with Crippen LogP contribution in [0, 0.1) is 0 Å². The Bertz CT molecular complexity index is 799. The van der Waals surface area contributed by atoms with Crippen LogP contribution in [-0.4, -0.2) is 30.4 Å². The summed E-state index contributed by atoms with van der Waals surface area (Å²) in [6.45, 7) is 0. The van der Waals surface area contributed by atoms with Crippen molar-refractivity contribution in [1.29, 1.82) is 0 Å². The lowest BCUT2D eigenvalue weighted by Crippen LogP contribution is -1.92. The third-order valence-electron chi connectivity index (χ3n) is 2.91. The van der Waals surface area contributed by atoms with E-state index in [-0.39, 0.29) is 0 Å². The first-order valence-electron chi connectivity index (χ1n) is 5.52. The summed E-state index contributed by atoms with van der Waals surface area (Å²) < 4.78 is 0. The Hall–Kier alpha value is -2.76. The number of aromatic amines is 2. The maximum atomic E-state index is 4.31. The number of H-pyrrole nitrogens is 2. The minimum atomic E-state index is 0.714. The van der Waals surface area contributed by atoms with Gasteiger partial charge in [-0.15, -0.1) is 5.10 Å². The van der Waals surface area contributed by atoms with Gasteiger partial charge in [-0.3, -0.25) is 5.10 Å². The largest absolute Gasteiger partial charge is 0.351 e. The lowest BCUT2D eigenvalue weighted by atomic mass is 10.1. The van der Waals surface area contributed by atoms with E-state index in [4.69, 9.17) is 0 Å². The molecule has 1 aromatic carbocycles. The van der Waals surface area contributed by atoms with E-state index in [0.717, 1.165) is 28.0 Å². The van der Waals surface area contributed by atoms with Gasteiger partial charge < -0.3 is 4.98 Å². The minimum absolute atomic E-state index is 0.714. The molecule has 0 aliphatic carbocycles. The van der Waals surface area contributed by atoms with Gasteiger partial charge in [0.15, 0.2) is 5.82 Å². The zero-order valence-corrected chi connectivity index (χ0v) is 9.25. The fraction of sp³-hybridized carbons (Fsp3) is 0. The lowest BCUT2D eigenvalue weighted by molar-refractivity contribution is 0.959. The maximum Gasteiger partial charge on any atom is 0.176 e. The van der Waals surface area contributed by atoms with Crippen molar-refractivity contribution in [3.8, 4) is 22.8 Å². The van der Waals surface area contributed by atoms with E-state index in [1.165, 1.54) is 0 Å². The zero-order chi connectivity index (χ0) is 11.9. The molecule has 0 fully saturated rings. The van der Waals surface area contributed by atoms with Crippen LogP contribution in [-0.2, 0) is 0 Å². The predicted molar refractivity (Wildman–Crippen MR) is 65.9 cm³/mol. The number of nitrogens with one attached hydrogen (secondary N) is 2. The topological polar surface area (TPSA) is 83.1 Å². The number of hydrogen-bond donors (Lipinski definition) is 2. The van der Waals surface area contributed by atoms with Gasteiger partial charge in [-0.2, -0.15) is 0 Å². The summed E-state index contributed by atoms with van der Waals surface area (Å²) in [5.74, 6) is 0.714. The smallest absolute Gasteiger partial charge is 0.176 e. The van der Waals surface area contributed by atoms with Crippen molar-refractivity contribution in [2.45, 2.75) is 0 Å². The Kier molecular flexibility index (Phi) is 1.74. The van der Waals surface area contributed by atoms with Gasteiger partial charge in [0.1, 0.15) is 5.52 Å². The molecule has 1 aromatic heterocycles.